The van der Waals surface area contributed by atoms with Gasteiger partial charge in [0.1, 0.15) is 0 Å². The van der Waals surface area contributed by atoms with Gasteiger partial charge in [-0.15, -0.1) is 0 Å². The van der Waals surface area contributed by atoms with Gasteiger partial charge in [-0.1, -0.05) is 19.4 Å². The fraction of sp³-hybridized carbons (Fsp3) is 0.700. The predicted molar refractivity (Wildman–Crippen MR) is 58.9 cm³/mol. The maximum Gasteiger partial charge on any atom is 0.505 e. The number of carbonyl (C=O) groups excluding carboxylic acids is 1. The van der Waals surface area contributed by atoms with Crippen LogP contribution in [0.4, 0.5) is 0 Å². The highest BCUT2D eigenvalue weighted by atomic mass is 31.1. The zero-order valence-electron chi connectivity index (χ0n) is 8.85. The number of hydrogen-bond acceptors (Lipinski definition) is 3. The van der Waals surface area contributed by atoms with Crippen molar-refractivity contribution in [2.45, 2.75) is 32.1 Å². The molecule has 86 valence electrons. The van der Waals surface area contributed by atoms with E-state index in [1.807, 2.05) is 0 Å². The van der Waals surface area contributed by atoms with E-state index in [2.05, 4.69) is 6.58 Å². The molecule has 0 aliphatic rings. The van der Waals surface area contributed by atoms with Gasteiger partial charge in [-0.3, -0.25) is 0 Å². The normalized spacial score (nSPS) is 10.9. The van der Waals surface area contributed by atoms with Crippen LogP contribution in [-0.2, 0) is 14.1 Å². The topological polar surface area (TPSA) is 63.6 Å². The van der Waals surface area contributed by atoms with Gasteiger partial charge in [-0.2, -0.15) is 4.89 Å². The molecule has 0 heterocycles. The first-order chi connectivity index (χ1) is 7.16. The van der Waals surface area contributed by atoms with Crippen molar-refractivity contribution < 1.29 is 19.0 Å². The average molecular weight is 233 g/mol. The van der Waals surface area contributed by atoms with E-state index in [-0.39, 0.29) is 5.97 Å². The molecule has 15 heavy (non-hydrogen) atoms. The summed E-state index contributed by atoms with van der Waals surface area (Å²) in [5, 5.41) is 0. The van der Waals surface area contributed by atoms with Gasteiger partial charge < -0.3 is 4.74 Å². The van der Waals surface area contributed by atoms with Crippen molar-refractivity contribution in [3.05, 3.63) is 12.7 Å². The molecule has 1 unspecified atom stereocenters. The highest BCUT2D eigenvalue weighted by molar-refractivity contribution is 7.37. The summed E-state index contributed by atoms with van der Waals surface area (Å²) < 4.78 is 15.1. The quantitative estimate of drug-likeness (QED) is 0.287. The van der Waals surface area contributed by atoms with E-state index in [1.165, 1.54) is 0 Å². The molecule has 5 heteroatoms. The second-order valence-corrected chi connectivity index (χ2v) is 4.37. The lowest BCUT2D eigenvalue weighted by atomic mass is 10.2. The summed E-state index contributed by atoms with van der Waals surface area (Å²) in [7, 11) is -1.97. The minimum atomic E-state index is -1.97. The van der Waals surface area contributed by atoms with Crippen molar-refractivity contribution in [3.8, 4) is 0 Å². The number of rotatable bonds is 9. The number of ether oxygens (including phenoxy) is 1. The molecule has 0 aromatic heterocycles. The number of esters is 1. The Hall–Kier alpha value is -0.730. The van der Waals surface area contributed by atoms with E-state index >= 15 is 0 Å². The lowest BCUT2D eigenvalue weighted by molar-refractivity contribution is -0.137. The smallest absolute Gasteiger partial charge is 0.463 e. The highest BCUT2D eigenvalue weighted by Gasteiger charge is 2.07. The van der Waals surface area contributed by atoms with Crippen LogP contribution in [0.2, 0.25) is 0 Å². The van der Waals surface area contributed by atoms with Crippen LogP contribution in [0.5, 0.6) is 0 Å². The average Bonchev–Trinajstić information content (AvgIpc) is 2.21. The van der Waals surface area contributed by atoms with Gasteiger partial charge >= 0.3 is 14.0 Å². The summed E-state index contributed by atoms with van der Waals surface area (Å²) in [5.41, 5.74) is 0. The van der Waals surface area contributed by atoms with Gasteiger partial charge in [0.25, 0.3) is 0 Å². The van der Waals surface area contributed by atoms with Gasteiger partial charge in [0.05, 0.1) is 6.61 Å². The third-order valence-corrected chi connectivity index (χ3v) is 2.60. The molecular formula is C10H18O4P+. The zero-order valence-corrected chi connectivity index (χ0v) is 9.75. The Morgan fingerprint density at radius 2 is 1.87 bits per heavy atom. The Balaban J connectivity index is 3.08. The Labute approximate surface area is 91.2 Å². The van der Waals surface area contributed by atoms with E-state index in [1.54, 1.807) is 0 Å². The molecule has 0 amide bonds. The number of hydrogen-bond donors (Lipinski definition) is 1. The van der Waals surface area contributed by atoms with Gasteiger partial charge in [0, 0.05) is 6.08 Å². The summed E-state index contributed by atoms with van der Waals surface area (Å²) >= 11 is 0. The van der Waals surface area contributed by atoms with Crippen LogP contribution in [-0.4, -0.2) is 23.6 Å². The van der Waals surface area contributed by atoms with Crippen molar-refractivity contribution in [2.24, 2.45) is 0 Å². The van der Waals surface area contributed by atoms with E-state index in [9.17, 15) is 9.36 Å². The van der Waals surface area contributed by atoms with Crippen molar-refractivity contribution >= 4 is 14.0 Å². The molecule has 0 saturated carbocycles. The maximum absolute atomic E-state index is 10.6. The first kappa shape index (κ1) is 14.3. The Morgan fingerprint density at radius 3 is 2.47 bits per heavy atom. The Morgan fingerprint density at radius 1 is 1.27 bits per heavy atom. The summed E-state index contributed by atoms with van der Waals surface area (Å²) in [4.78, 5) is 19.1. The van der Waals surface area contributed by atoms with E-state index in [0.717, 1.165) is 38.2 Å². The summed E-state index contributed by atoms with van der Waals surface area (Å²) in [6.45, 7) is 3.72. The Kier molecular flexibility index (Phi) is 9.33. The van der Waals surface area contributed by atoms with Crippen LogP contribution < -0.4 is 0 Å². The van der Waals surface area contributed by atoms with Gasteiger partial charge in [-0.25, -0.2) is 4.79 Å². The standard InChI is InChI=1S/C10H17O4P/c1-2-10(11)14-8-6-4-3-5-7-9-15(12)13/h2H,1,3-9H2/p+1. The Bertz CT molecular complexity index is 215. The van der Waals surface area contributed by atoms with Crippen molar-refractivity contribution in [1.82, 2.24) is 0 Å². The van der Waals surface area contributed by atoms with Crippen LogP contribution in [0.15, 0.2) is 12.7 Å². The van der Waals surface area contributed by atoms with Crippen LogP contribution in [0.25, 0.3) is 0 Å². The summed E-state index contributed by atoms with van der Waals surface area (Å²) in [6.07, 6.45) is 6.11. The largest absolute Gasteiger partial charge is 0.505 e. The first-order valence-electron chi connectivity index (χ1n) is 5.09. The molecule has 4 nitrogen and oxygen atoms in total. The SMILES string of the molecule is C=CC(=O)OCCCCCCC[P+](=O)O. The van der Waals surface area contributed by atoms with Crippen LogP contribution in [0, 0.1) is 0 Å². The predicted octanol–water partition coefficient (Wildman–Crippen LogP) is 2.40. The van der Waals surface area contributed by atoms with Crippen LogP contribution in [0.1, 0.15) is 32.1 Å². The van der Waals surface area contributed by atoms with Crippen molar-refractivity contribution in [2.75, 3.05) is 12.8 Å². The third kappa shape index (κ3) is 11.2. The molecule has 0 aliphatic heterocycles. The molecule has 0 aromatic carbocycles. The molecule has 0 spiro atoms. The highest BCUT2D eigenvalue weighted by Crippen LogP contribution is 2.16. The molecule has 0 rings (SSSR count). The van der Waals surface area contributed by atoms with Crippen LogP contribution >= 0.6 is 8.03 Å². The van der Waals surface area contributed by atoms with Gasteiger partial charge in [0.2, 0.25) is 0 Å². The molecule has 0 fully saturated rings. The molecule has 0 radical (unpaired) electrons. The number of unbranched alkanes of at least 4 members (excludes halogenated alkanes) is 4. The molecule has 1 N–H and O–H groups in total. The third-order valence-electron chi connectivity index (χ3n) is 1.90. The van der Waals surface area contributed by atoms with E-state index in [0.29, 0.717) is 12.8 Å². The maximum atomic E-state index is 10.6. The van der Waals surface area contributed by atoms with Gasteiger partial charge in [0.15, 0.2) is 6.16 Å². The monoisotopic (exact) mass is 233 g/mol. The lowest BCUT2D eigenvalue weighted by Gasteiger charge is -2.00. The first-order valence-corrected chi connectivity index (χ1v) is 6.49. The van der Waals surface area contributed by atoms with E-state index < -0.39 is 8.03 Å². The molecule has 0 aliphatic carbocycles. The summed E-state index contributed by atoms with van der Waals surface area (Å²) in [5.74, 6) is -0.382. The van der Waals surface area contributed by atoms with Crippen molar-refractivity contribution in [3.63, 3.8) is 0 Å². The van der Waals surface area contributed by atoms with Gasteiger partial charge in [-0.05, 0) is 23.8 Å². The van der Waals surface area contributed by atoms with Crippen LogP contribution in [0.3, 0.4) is 0 Å². The second-order valence-electron chi connectivity index (χ2n) is 3.22. The minimum Gasteiger partial charge on any atom is -0.463 e. The fourth-order valence-corrected chi connectivity index (χ4v) is 1.61. The summed E-state index contributed by atoms with van der Waals surface area (Å²) in [6, 6.07) is 0. The molecular weight excluding hydrogens is 215 g/mol. The second kappa shape index (κ2) is 9.81. The lowest BCUT2D eigenvalue weighted by Crippen LogP contribution is -2.01. The fourth-order valence-electron chi connectivity index (χ4n) is 1.11. The zero-order chi connectivity index (χ0) is 11.5. The minimum absolute atomic E-state index is 0.382. The number of carbonyl (C=O) groups is 1. The molecule has 0 bridgehead atoms. The molecule has 0 saturated heterocycles. The van der Waals surface area contributed by atoms with Crippen molar-refractivity contribution in [1.29, 1.82) is 0 Å². The molecule has 0 aromatic rings. The molecule has 1 atom stereocenters. The van der Waals surface area contributed by atoms with E-state index in [4.69, 9.17) is 9.63 Å².